The molecule has 0 spiro atoms. The molecule has 2 aromatic rings. The maximum Gasteiger partial charge on any atom is 0.234 e. The molecule has 1 aromatic carbocycles. The van der Waals surface area contributed by atoms with E-state index in [1.54, 1.807) is 0 Å². The van der Waals surface area contributed by atoms with E-state index in [0.29, 0.717) is 8.68 Å². The molecular weight excluding hydrogens is 366 g/mol. The maximum atomic E-state index is 13.4. The summed E-state index contributed by atoms with van der Waals surface area (Å²) in [5.74, 6) is -2.71. The van der Waals surface area contributed by atoms with Gasteiger partial charge in [-0.15, -0.1) is 10.2 Å². The number of nitrogens with one attached hydrogen (secondary N) is 1. The number of nitrogens with two attached hydrogens (primary N) is 1. The lowest BCUT2D eigenvalue weighted by atomic mass is 10.3. The van der Waals surface area contributed by atoms with Crippen LogP contribution >= 0.6 is 34.9 Å². The number of halogens is 2. The molecule has 3 N–H and O–H groups in total. The monoisotopic (exact) mass is 376 g/mol. The number of anilines is 1. The van der Waals surface area contributed by atoms with Gasteiger partial charge in [-0.2, -0.15) is 0 Å². The molecule has 1 aromatic heterocycles. The summed E-state index contributed by atoms with van der Waals surface area (Å²) < 4.78 is 27.9. The summed E-state index contributed by atoms with van der Waals surface area (Å²) in [5, 5.41) is 9.84. The average Bonchev–Trinajstić information content (AvgIpc) is 2.95. The first-order chi connectivity index (χ1) is 11.0. The molecule has 2 amide bonds. The van der Waals surface area contributed by atoms with Gasteiger partial charge < -0.3 is 11.1 Å². The van der Waals surface area contributed by atoms with Crippen molar-refractivity contribution in [1.82, 2.24) is 10.2 Å². The highest BCUT2D eigenvalue weighted by Crippen LogP contribution is 2.28. The van der Waals surface area contributed by atoms with E-state index in [-0.39, 0.29) is 11.5 Å². The Labute approximate surface area is 142 Å². The van der Waals surface area contributed by atoms with Crippen LogP contribution in [0.15, 0.2) is 26.9 Å². The molecule has 11 heteroatoms. The summed E-state index contributed by atoms with van der Waals surface area (Å²) in [6.45, 7) is 0. The van der Waals surface area contributed by atoms with E-state index in [1.165, 1.54) is 17.4 Å². The van der Waals surface area contributed by atoms with Crippen LogP contribution < -0.4 is 11.1 Å². The fraction of sp³-hybridized carbons (Fsp3) is 0.167. The molecule has 0 fully saturated rings. The second kappa shape index (κ2) is 8.22. The molecule has 122 valence electrons. The number of nitrogens with zero attached hydrogens (tertiary/aromatic N) is 2. The third kappa shape index (κ3) is 5.44. The molecule has 0 saturated carbocycles. The first-order valence-electron chi connectivity index (χ1n) is 6.07. The van der Waals surface area contributed by atoms with Gasteiger partial charge in [-0.05, 0) is 12.1 Å². The van der Waals surface area contributed by atoms with Gasteiger partial charge in [0.1, 0.15) is 17.3 Å². The lowest BCUT2D eigenvalue weighted by Gasteiger charge is -2.06. The van der Waals surface area contributed by atoms with E-state index in [4.69, 9.17) is 5.73 Å². The minimum absolute atomic E-state index is 0.0805. The van der Waals surface area contributed by atoms with Crippen molar-refractivity contribution >= 4 is 52.4 Å². The zero-order valence-corrected chi connectivity index (χ0v) is 13.9. The van der Waals surface area contributed by atoms with Gasteiger partial charge in [-0.3, -0.25) is 9.59 Å². The van der Waals surface area contributed by atoms with Crippen LogP contribution in [-0.4, -0.2) is 33.5 Å². The average molecular weight is 376 g/mol. The fourth-order valence-corrected chi connectivity index (χ4v) is 3.93. The zero-order chi connectivity index (χ0) is 16.8. The summed E-state index contributed by atoms with van der Waals surface area (Å²) in [4.78, 5) is 22.4. The summed E-state index contributed by atoms with van der Waals surface area (Å²) in [5.41, 5.74) is 4.54. The lowest BCUT2D eigenvalue weighted by Crippen LogP contribution is -2.16. The van der Waals surface area contributed by atoms with Gasteiger partial charge in [0.05, 0.1) is 11.5 Å². The van der Waals surface area contributed by atoms with Crippen LogP contribution in [0.2, 0.25) is 0 Å². The zero-order valence-electron chi connectivity index (χ0n) is 11.4. The minimum atomic E-state index is -0.843. The number of rotatable bonds is 7. The Bertz CT molecular complexity index is 706. The molecule has 23 heavy (non-hydrogen) atoms. The summed E-state index contributed by atoms with van der Waals surface area (Å²) in [6.07, 6.45) is 0. The summed E-state index contributed by atoms with van der Waals surface area (Å²) >= 11 is 3.42. The number of hydrogen-bond acceptors (Lipinski definition) is 7. The van der Waals surface area contributed by atoms with Gasteiger partial charge in [0, 0.05) is 0 Å². The first kappa shape index (κ1) is 17.6. The maximum absolute atomic E-state index is 13.4. The van der Waals surface area contributed by atoms with Crippen molar-refractivity contribution in [3.63, 3.8) is 0 Å². The van der Waals surface area contributed by atoms with Crippen LogP contribution in [0, 0.1) is 11.6 Å². The number of hydrogen-bond donors (Lipinski definition) is 2. The normalized spacial score (nSPS) is 10.5. The largest absolute Gasteiger partial charge is 0.369 e. The number of thioether (sulfide) groups is 2. The van der Waals surface area contributed by atoms with E-state index < -0.39 is 29.1 Å². The van der Waals surface area contributed by atoms with Crippen LogP contribution in [-0.2, 0) is 9.59 Å². The van der Waals surface area contributed by atoms with E-state index in [2.05, 4.69) is 15.5 Å². The molecule has 0 aliphatic rings. The van der Waals surface area contributed by atoms with Gasteiger partial charge in [0.2, 0.25) is 11.8 Å². The number of benzene rings is 1. The smallest absolute Gasteiger partial charge is 0.234 e. The summed E-state index contributed by atoms with van der Waals surface area (Å²) in [7, 11) is 0. The number of carbonyl (C=O) groups excluding carboxylic acids is 2. The van der Waals surface area contributed by atoms with Crippen molar-refractivity contribution < 1.29 is 18.4 Å². The molecule has 0 atom stereocenters. The Hall–Kier alpha value is -1.72. The molecular formula is C12H10F2N4O2S3. The minimum Gasteiger partial charge on any atom is -0.369 e. The Morgan fingerprint density at radius 2 is 1.70 bits per heavy atom. The Balaban J connectivity index is 1.86. The van der Waals surface area contributed by atoms with Crippen molar-refractivity contribution in [2.75, 3.05) is 16.8 Å². The Kier molecular flexibility index (Phi) is 6.30. The number of primary amides is 1. The highest BCUT2D eigenvalue weighted by Gasteiger charge is 2.13. The molecule has 0 radical (unpaired) electrons. The van der Waals surface area contributed by atoms with Crippen molar-refractivity contribution in [3.05, 3.63) is 29.8 Å². The van der Waals surface area contributed by atoms with E-state index >= 15 is 0 Å². The third-order valence-electron chi connectivity index (χ3n) is 2.28. The molecule has 2 rings (SSSR count). The number of aromatic nitrogens is 2. The van der Waals surface area contributed by atoms with Crippen molar-refractivity contribution in [3.8, 4) is 0 Å². The van der Waals surface area contributed by atoms with Gasteiger partial charge in [-0.25, -0.2) is 8.78 Å². The first-order valence-corrected chi connectivity index (χ1v) is 8.85. The van der Waals surface area contributed by atoms with Crippen LogP contribution in [0.4, 0.5) is 14.5 Å². The van der Waals surface area contributed by atoms with E-state index in [1.807, 2.05) is 0 Å². The molecule has 0 aliphatic carbocycles. The number of para-hydroxylation sites is 1. The quantitative estimate of drug-likeness (QED) is 0.719. The Morgan fingerprint density at radius 3 is 2.26 bits per heavy atom. The van der Waals surface area contributed by atoms with Crippen molar-refractivity contribution in [2.24, 2.45) is 5.73 Å². The van der Waals surface area contributed by atoms with Crippen LogP contribution in [0.3, 0.4) is 0 Å². The predicted molar refractivity (Wildman–Crippen MR) is 85.5 cm³/mol. The standard InChI is InChI=1S/C12H10F2N4O2S3/c13-6-2-1-3-7(14)10(6)16-9(20)5-22-12-18-17-11(23-12)21-4-8(15)19/h1-3H,4-5H2,(H2,15,19)(H,16,20). The molecule has 0 aliphatic heterocycles. The highest BCUT2D eigenvalue weighted by molar-refractivity contribution is 8.03. The second-order valence-corrected chi connectivity index (χ2v) is 7.44. The predicted octanol–water partition coefficient (Wildman–Crippen LogP) is 2.12. The van der Waals surface area contributed by atoms with Crippen molar-refractivity contribution in [2.45, 2.75) is 8.68 Å². The lowest BCUT2D eigenvalue weighted by molar-refractivity contribution is -0.115. The van der Waals surface area contributed by atoms with Gasteiger partial charge in [-0.1, -0.05) is 40.9 Å². The fourth-order valence-electron chi connectivity index (χ4n) is 1.37. The van der Waals surface area contributed by atoms with E-state index in [9.17, 15) is 18.4 Å². The highest BCUT2D eigenvalue weighted by atomic mass is 32.2. The van der Waals surface area contributed by atoms with Crippen LogP contribution in [0.5, 0.6) is 0 Å². The van der Waals surface area contributed by atoms with Gasteiger partial charge >= 0.3 is 0 Å². The molecule has 6 nitrogen and oxygen atoms in total. The molecule has 0 unspecified atom stereocenters. The Morgan fingerprint density at radius 1 is 1.13 bits per heavy atom. The van der Waals surface area contributed by atoms with Crippen LogP contribution in [0.25, 0.3) is 0 Å². The van der Waals surface area contributed by atoms with Crippen molar-refractivity contribution in [1.29, 1.82) is 0 Å². The molecule has 0 bridgehead atoms. The van der Waals surface area contributed by atoms with Gasteiger partial charge in [0.25, 0.3) is 0 Å². The molecule has 0 saturated heterocycles. The SMILES string of the molecule is NC(=O)CSc1nnc(SCC(=O)Nc2c(F)cccc2F)s1. The van der Waals surface area contributed by atoms with Gasteiger partial charge in [0.15, 0.2) is 8.68 Å². The summed E-state index contributed by atoms with van der Waals surface area (Å²) in [6, 6.07) is 3.32. The number of carbonyl (C=O) groups is 2. The van der Waals surface area contributed by atoms with Crippen LogP contribution in [0.1, 0.15) is 0 Å². The topological polar surface area (TPSA) is 98.0 Å². The molecule has 1 heterocycles. The van der Waals surface area contributed by atoms with E-state index in [0.717, 1.165) is 35.7 Å². The third-order valence-corrected chi connectivity index (χ3v) is 5.49. The second-order valence-electron chi connectivity index (χ2n) is 4.02. The number of amides is 2.